The highest BCUT2D eigenvalue weighted by atomic mass is 16.7. The smallest absolute Gasteiger partial charge is 0.236 e. The van der Waals surface area contributed by atoms with E-state index < -0.39 is 6.35 Å². The molecule has 0 radical (unpaired) electrons. The summed E-state index contributed by atoms with van der Waals surface area (Å²) in [4.78, 5) is 24.5. The van der Waals surface area contributed by atoms with Gasteiger partial charge in [-0.15, -0.1) is 0 Å². The van der Waals surface area contributed by atoms with E-state index in [1.165, 1.54) is 0 Å². The van der Waals surface area contributed by atoms with Gasteiger partial charge >= 0.3 is 0 Å². The van der Waals surface area contributed by atoms with Gasteiger partial charge in [0.2, 0.25) is 18.4 Å². The van der Waals surface area contributed by atoms with Crippen LogP contribution < -0.4 is 14.2 Å². The molecule has 1 amide bonds. The first-order chi connectivity index (χ1) is 19.3. The minimum atomic E-state index is -0.530. The fourth-order valence-corrected chi connectivity index (χ4v) is 6.16. The zero-order valence-corrected chi connectivity index (χ0v) is 25.3. The van der Waals surface area contributed by atoms with Gasteiger partial charge in [0, 0.05) is 45.3 Å². The van der Waals surface area contributed by atoms with Crippen LogP contribution in [0, 0.1) is 0 Å². The Labute approximate surface area is 240 Å². The monoisotopic (exact) mass is 561 g/mol. The van der Waals surface area contributed by atoms with E-state index in [4.69, 9.17) is 14.2 Å². The molecule has 1 N–H and O–H groups in total. The molecule has 10 heteroatoms. The lowest BCUT2D eigenvalue weighted by molar-refractivity contribution is -0.133. The Kier molecular flexibility index (Phi) is 11.3. The van der Waals surface area contributed by atoms with Crippen molar-refractivity contribution >= 4 is 5.91 Å². The van der Waals surface area contributed by atoms with Gasteiger partial charge in [-0.05, 0) is 83.4 Å². The zero-order chi connectivity index (χ0) is 28.6. The number of rotatable bonds is 15. The fraction of sp³-hybridized carbons (Fsp3) is 0.767. The number of ether oxygens (including phenoxy) is 3. The van der Waals surface area contributed by atoms with Crippen LogP contribution in [-0.4, -0.2) is 135 Å². The topological polar surface area (TPSA) is 81.2 Å². The van der Waals surface area contributed by atoms with Crippen molar-refractivity contribution in [3.8, 4) is 17.2 Å². The number of aliphatic hydroxyl groups is 1. The standard InChI is InChI=1S/C30H51N5O5/c1-6-7-12-33(13-9-8-11-31(2)3)28(36)21-35-20-24(17-25(35)10-14-34-16-15-32(4)30(34)37)23-18-26(38-5)29-27(19-23)39-22-40-29/h18-19,24-25,30,37H,6-17,20-22H2,1-5H3/t24-,25+,30?/m1/s1. The van der Waals surface area contributed by atoms with Crippen molar-refractivity contribution in [2.24, 2.45) is 0 Å². The van der Waals surface area contributed by atoms with Crippen LogP contribution in [0.25, 0.3) is 0 Å². The highest BCUT2D eigenvalue weighted by molar-refractivity contribution is 5.78. The second kappa shape index (κ2) is 14.7. The molecule has 2 fully saturated rings. The van der Waals surface area contributed by atoms with E-state index in [9.17, 15) is 9.90 Å². The predicted molar refractivity (Wildman–Crippen MR) is 156 cm³/mol. The Bertz CT molecular complexity index is 963. The van der Waals surface area contributed by atoms with Gasteiger partial charge in [0.15, 0.2) is 17.9 Å². The first-order valence-electron chi connectivity index (χ1n) is 15.1. The number of benzene rings is 1. The molecule has 0 bridgehead atoms. The summed E-state index contributed by atoms with van der Waals surface area (Å²) in [5.41, 5.74) is 1.16. The van der Waals surface area contributed by atoms with Crippen molar-refractivity contribution in [2.75, 3.05) is 87.4 Å². The summed E-state index contributed by atoms with van der Waals surface area (Å²) >= 11 is 0. The third kappa shape index (κ3) is 7.79. The Morgan fingerprint density at radius 2 is 1.88 bits per heavy atom. The van der Waals surface area contributed by atoms with E-state index in [-0.39, 0.29) is 24.7 Å². The number of nitrogens with zero attached hydrogens (tertiary/aromatic N) is 5. The van der Waals surface area contributed by atoms with Gasteiger partial charge in [0.25, 0.3) is 0 Å². The molecule has 1 aromatic rings. The lowest BCUT2D eigenvalue weighted by atomic mass is 9.94. The maximum atomic E-state index is 13.7. The van der Waals surface area contributed by atoms with Crippen LogP contribution in [0.5, 0.6) is 17.2 Å². The Morgan fingerprint density at radius 3 is 2.58 bits per heavy atom. The number of hydrogen-bond acceptors (Lipinski definition) is 9. The van der Waals surface area contributed by atoms with E-state index in [2.05, 4.69) is 52.8 Å². The summed E-state index contributed by atoms with van der Waals surface area (Å²) in [6.07, 6.45) is 5.56. The maximum absolute atomic E-state index is 13.7. The molecule has 0 aliphatic carbocycles. The Morgan fingerprint density at radius 1 is 1.10 bits per heavy atom. The normalized spacial score (nSPS) is 23.4. The summed E-state index contributed by atoms with van der Waals surface area (Å²) in [6, 6.07) is 4.40. The molecule has 2 saturated heterocycles. The lowest BCUT2D eigenvalue weighted by Gasteiger charge is -2.30. The molecule has 0 spiro atoms. The molecule has 0 aromatic heterocycles. The zero-order valence-electron chi connectivity index (χ0n) is 25.3. The van der Waals surface area contributed by atoms with E-state index in [0.29, 0.717) is 18.0 Å². The van der Waals surface area contributed by atoms with E-state index >= 15 is 0 Å². The molecule has 0 saturated carbocycles. The number of likely N-dealkylation sites (N-methyl/N-ethyl adjacent to an activating group) is 1. The number of carbonyl (C=O) groups excluding carboxylic acids is 1. The van der Waals surface area contributed by atoms with Crippen LogP contribution in [0.15, 0.2) is 12.1 Å². The molecule has 10 nitrogen and oxygen atoms in total. The van der Waals surface area contributed by atoms with Gasteiger partial charge in [-0.3, -0.25) is 19.5 Å². The summed E-state index contributed by atoms with van der Waals surface area (Å²) < 4.78 is 16.9. The van der Waals surface area contributed by atoms with Crippen LogP contribution in [-0.2, 0) is 4.79 Å². The van der Waals surface area contributed by atoms with E-state index in [1.807, 2.05) is 11.9 Å². The average molecular weight is 562 g/mol. The second-order valence-corrected chi connectivity index (χ2v) is 11.9. The fourth-order valence-electron chi connectivity index (χ4n) is 6.16. The summed E-state index contributed by atoms with van der Waals surface area (Å²) in [6.45, 7) is 8.86. The van der Waals surface area contributed by atoms with Gasteiger partial charge in [-0.2, -0.15) is 0 Å². The van der Waals surface area contributed by atoms with Crippen molar-refractivity contribution in [2.45, 2.75) is 63.8 Å². The second-order valence-electron chi connectivity index (χ2n) is 11.9. The molecular formula is C30H51N5O5. The molecular weight excluding hydrogens is 510 g/mol. The van der Waals surface area contributed by atoms with E-state index in [0.717, 1.165) is 95.7 Å². The Balaban J connectivity index is 1.46. The number of hydrogen-bond donors (Lipinski definition) is 1. The van der Waals surface area contributed by atoms with Gasteiger partial charge < -0.3 is 29.1 Å². The molecule has 40 heavy (non-hydrogen) atoms. The van der Waals surface area contributed by atoms with Gasteiger partial charge in [-0.25, -0.2) is 0 Å². The third-order valence-electron chi connectivity index (χ3n) is 8.65. The summed E-state index contributed by atoms with van der Waals surface area (Å²) in [5.74, 6) is 2.58. The molecule has 3 atom stereocenters. The lowest BCUT2D eigenvalue weighted by Crippen LogP contribution is -2.44. The van der Waals surface area contributed by atoms with Crippen LogP contribution in [0.4, 0.5) is 0 Å². The minimum Gasteiger partial charge on any atom is -0.493 e. The SMILES string of the molecule is CCCCN(CCCCN(C)C)C(=O)CN1C[C@H](c2cc(OC)c3c(c2)OCO3)C[C@@H]1CCN1CCN(C)C1O. The quantitative estimate of drug-likeness (QED) is 0.325. The van der Waals surface area contributed by atoms with Crippen molar-refractivity contribution in [1.29, 1.82) is 0 Å². The minimum absolute atomic E-state index is 0.206. The van der Waals surface area contributed by atoms with Crippen molar-refractivity contribution in [3.05, 3.63) is 17.7 Å². The molecule has 3 aliphatic heterocycles. The summed E-state index contributed by atoms with van der Waals surface area (Å²) in [5, 5.41) is 10.5. The Hall–Kier alpha value is -2.11. The largest absolute Gasteiger partial charge is 0.493 e. The first-order valence-corrected chi connectivity index (χ1v) is 15.1. The third-order valence-corrected chi connectivity index (χ3v) is 8.65. The van der Waals surface area contributed by atoms with Crippen LogP contribution in [0.1, 0.15) is 56.9 Å². The number of likely N-dealkylation sites (tertiary alicyclic amines) is 1. The molecule has 1 unspecified atom stereocenters. The number of methoxy groups -OCH3 is 1. The van der Waals surface area contributed by atoms with E-state index in [1.54, 1.807) is 7.11 Å². The van der Waals surface area contributed by atoms with Crippen LogP contribution in [0.2, 0.25) is 0 Å². The summed E-state index contributed by atoms with van der Waals surface area (Å²) in [7, 11) is 7.81. The number of unbranched alkanes of at least 4 members (excludes halogenated alkanes) is 2. The molecule has 226 valence electrons. The van der Waals surface area contributed by atoms with Gasteiger partial charge in [-0.1, -0.05) is 13.3 Å². The van der Waals surface area contributed by atoms with Gasteiger partial charge in [0.05, 0.1) is 13.7 Å². The molecule has 3 aliphatic rings. The highest BCUT2D eigenvalue weighted by Crippen LogP contribution is 2.45. The number of amides is 1. The molecule has 4 rings (SSSR count). The van der Waals surface area contributed by atoms with Crippen molar-refractivity contribution in [3.63, 3.8) is 0 Å². The van der Waals surface area contributed by atoms with Gasteiger partial charge in [0.1, 0.15) is 0 Å². The highest BCUT2D eigenvalue weighted by Gasteiger charge is 2.37. The van der Waals surface area contributed by atoms with Crippen LogP contribution >= 0.6 is 0 Å². The number of carbonyl (C=O) groups is 1. The predicted octanol–water partition coefficient (Wildman–Crippen LogP) is 2.47. The number of aliphatic hydroxyl groups excluding tert-OH is 1. The average Bonchev–Trinajstić information content (AvgIpc) is 3.65. The van der Waals surface area contributed by atoms with Crippen molar-refractivity contribution in [1.82, 2.24) is 24.5 Å². The maximum Gasteiger partial charge on any atom is 0.236 e. The first kappa shape index (κ1) is 30.8. The van der Waals surface area contributed by atoms with Crippen molar-refractivity contribution < 1.29 is 24.1 Å². The number of fused-ring (bicyclic) bond motifs is 1. The molecule has 1 aromatic carbocycles. The molecule has 3 heterocycles. The van der Waals surface area contributed by atoms with Crippen LogP contribution in [0.3, 0.4) is 0 Å².